The van der Waals surface area contributed by atoms with Gasteiger partial charge in [-0.25, -0.2) is 0 Å². The quantitative estimate of drug-likeness (QED) is 0.651. The fourth-order valence-corrected chi connectivity index (χ4v) is 94.2. The second kappa shape index (κ2) is 5.53. The van der Waals surface area contributed by atoms with E-state index in [1.54, 1.807) is 3.28 Å². The van der Waals surface area contributed by atoms with Gasteiger partial charge in [-0.15, -0.1) is 0 Å². The van der Waals surface area contributed by atoms with Crippen LogP contribution in [-0.2, 0) is 17.1 Å². The zero-order chi connectivity index (χ0) is 15.1. The average molecular weight is 406 g/mol. The van der Waals surface area contributed by atoms with Crippen LogP contribution in [0.3, 0.4) is 0 Å². The maximum atomic E-state index is 2.65. The zero-order valence-corrected chi connectivity index (χ0v) is 18.8. The van der Waals surface area contributed by atoms with Crippen molar-refractivity contribution in [1.82, 2.24) is 8.53 Å². The van der Waals surface area contributed by atoms with Crippen molar-refractivity contribution in [3.8, 4) is 0 Å². The van der Waals surface area contributed by atoms with Gasteiger partial charge in [-0.3, -0.25) is 0 Å². The average Bonchev–Trinajstić information content (AvgIpc) is 2.68. The Bertz CT molecular complexity index is 381. The van der Waals surface area contributed by atoms with E-state index >= 15 is 0 Å². The fourth-order valence-electron chi connectivity index (χ4n) is 5.34. The van der Waals surface area contributed by atoms with Gasteiger partial charge in [-0.2, -0.15) is 0 Å². The molecule has 0 aliphatic heterocycles. The number of allylic oxidation sites excluding steroid dienone is 4. The van der Waals surface area contributed by atoms with Gasteiger partial charge in [0.15, 0.2) is 0 Å². The Morgan fingerprint density at radius 2 is 1.32 bits per heavy atom. The number of rotatable bonds is 5. The van der Waals surface area contributed by atoms with Gasteiger partial charge in [0, 0.05) is 0 Å². The van der Waals surface area contributed by atoms with Crippen LogP contribution in [0.15, 0.2) is 21.5 Å². The van der Waals surface area contributed by atoms with Gasteiger partial charge in [-0.05, 0) is 0 Å². The Morgan fingerprint density at radius 1 is 0.895 bits per heavy atom. The summed E-state index contributed by atoms with van der Waals surface area (Å²) >= 11 is -3.50. The van der Waals surface area contributed by atoms with Crippen LogP contribution in [0.2, 0.25) is 17.3 Å². The van der Waals surface area contributed by atoms with E-state index in [2.05, 4.69) is 86.3 Å². The molecule has 111 valence electrons. The summed E-state index contributed by atoms with van der Waals surface area (Å²) in [5.41, 5.74) is 0. The van der Waals surface area contributed by atoms with Crippen LogP contribution in [0.1, 0.15) is 6.42 Å². The molecule has 1 aliphatic carbocycles. The topological polar surface area (TPSA) is 9.72 Å². The third kappa shape index (κ3) is 1.97. The van der Waals surface area contributed by atoms with Gasteiger partial charge in [0.1, 0.15) is 0 Å². The van der Waals surface area contributed by atoms with Crippen LogP contribution in [-0.4, -0.2) is 60.3 Å². The molecule has 0 atom stereocenters. The first-order valence-electron chi connectivity index (χ1n) is 7.07. The summed E-state index contributed by atoms with van der Waals surface area (Å²) in [5.74, 6) is 7.80. The van der Waals surface area contributed by atoms with Crippen molar-refractivity contribution in [1.29, 1.82) is 0 Å². The molecule has 5 heteroatoms. The first kappa shape index (κ1) is 17.8. The Balaban J connectivity index is 3.80. The van der Waals surface area contributed by atoms with Crippen molar-refractivity contribution >= 4 is 9.48 Å². The minimum atomic E-state index is -3.50. The number of nitrogens with zero attached hydrogens (tertiary/aromatic N) is 3. The maximum absolute atomic E-state index is 3.50. The molecule has 0 saturated heterocycles. The molecule has 0 spiro atoms. The predicted molar refractivity (Wildman–Crippen MR) is 86.2 cm³/mol. The predicted octanol–water partition coefficient (Wildman–Crippen LogP) is 2.78. The molecule has 0 aromatic rings. The van der Waals surface area contributed by atoms with Crippen molar-refractivity contribution < 1.29 is 17.1 Å². The molecule has 1 rings (SSSR count). The third-order valence-electron chi connectivity index (χ3n) is 5.29. The molecule has 1 aliphatic rings. The van der Waals surface area contributed by atoms with Crippen LogP contribution in [0.5, 0.6) is 0 Å². The van der Waals surface area contributed by atoms with Crippen LogP contribution < -0.4 is 0 Å². The van der Waals surface area contributed by atoms with E-state index in [4.69, 9.17) is 0 Å². The number of hydrogen-bond acceptors (Lipinski definition) is 3. The second-order valence-corrected chi connectivity index (χ2v) is 60.9. The van der Waals surface area contributed by atoms with Crippen LogP contribution >= 0.6 is 0 Å². The Kier molecular flexibility index (Phi) is 5.19. The summed E-state index contributed by atoms with van der Waals surface area (Å²) in [5, 5.41) is 0. The minimum absolute atomic E-state index is 1.14. The van der Waals surface area contributed by atoms with Crippen molar-refractivity contribution in [2.45, 2.75) is 23.7 Å². The Hall–Kier alpha value is 0.786. The van der Waals surface area contributed by atoms with E-state index in [1.807, 2.05) is 0 Å². The normalized spacial score (nSPS) is 19.2. The molecule has 0 unspecified atom stereocenters. The Morgan fingerprint density at radius 3 is 1.53 bits per heavy atom. The van der Waals surface area contributed by atoms with E-state index in [0.29, 0.717) is 0 Å². The van der Waals surface area contributed by atoms with E-state index < -0.39 is 26.6 Å². The van der Waals surface area contributed by atoms with Crippen LogP contribution in [0, 0.1) is 0 Å². The first-order chi connectivity index (χ1) is 8.54. The molecular weight excluding hydrogens is 374 g/mol. The fraction of sp³-hybridized carbons (Fsp3) is 0.714. The van der Waals surface area contributed by atoms with Gasteiger partial charge in [0.2, 0.25) is 0 Å². The van der Waals surface area contributed by atoms with E-state index in [1.165, 1.54) is 0 Å². The Labute approximate surface area is 122 Å². The molecule has 0 radical (unpaired) electrons. The SMILES string of the molecule is C[N](C)[Zr]([C]1=CC=CC1)([N](C)C)([N](C)C)[Ge]([CH3])([CH3])[CH3]. The van der Waals surface area contributed by atoms with Crippen LogP contribution in [0.4, 0.5) is 0 Å². The summed E-state index contributed by atoms with van der Waals surface area (Å²) in [7, 11) is 11.9. The van der Waals surface area contributed by atoms with E-state index in [-0.39, 0.29) is 0 Å². The van der Waals surface area contributed by atoms with Crippen molar-refractivity contribution in [3.05, 3.63) is 21.5 Å². The second-order valence-electron chi connectivity index (χ2n) is 7.35. The molecule has 0 heterocycles. The van der Waals surface area contributed by atoms with E-state index in [0.717, 1.165) is 6.42 Å². The molecule has 19 heavy (non-hydrogen) atoms. The van der Waals surface area contributed by atoms with Crippen molar-refractivity contribution in [2.24, 2.45) is 0 Å². The monoisotopic (exact) mass is 406 g/mol. The summed E-state index contributed by atoms with van der Waals surface area (Å²) in [6, 6.07) is 0. The van der Waals surface area contributed by atoms with Crippen LogP contribution in [0.25, 0.3) is 0 Å². The van der Waals surface area contributed by atoms with E-state index in [9.17, 15) is 0 Å². The number of hydrogen-bond donors (Lipinski definition) is 0. The summed E-state index contributed by atoms with van der Waals surface area (Å²) < 4.78 is 9.68. The van der Waals surface area contributed by atoms with Gasteiger partial charge in [0.25, 0.3) is 0 Å². The molecule has 3 nitrogen and oxygen atoms in total. The van der Waals surface area contributed by atoms with Gasteiger partial charge in [-0.1, -0.05) is 0 Å². The van der Waals surface area contributed by atoms with Gasteiger partial charge < -0.3 is 0 Å². The molecule has 0 amide bonds. The van der Waals surface area contributed by atoms with Gasteiger partial charge in [0.05, 0.1) is 0 Å². The molecule has 0 saturated carbocycles. The van der Waals surface area contributed by atoms with Crippen molar-refractivity contribution in [3.63, 3.8) is 0 Å². The standard InChI is InChI=1S/C5H5.C3H9Ge.3C2H6N.Zr/c1-2-4-5-3-1;1-4(2)3;3*1-3-2;/h1-3H,4H2;1-3H3;3*1-2H3;/q;;3*-1;+3. The first-order valence-corrected chi connectivity index (χ1v) is 25.3. The van der Waals surface area contributed by atoms with Crippen molar-refractivity contribution in [2.75, 3.05) is 42.3 Å². The van der Waals surface area contributed by atoms with Gasteiger partial charge >= 0.3 is 123 Å². The summed E-state index contributed by atoms with van der Waals surface area (Å²) in [6.45, 7) is 0. The molecule has 0 fully saturated rings. The molecule has 0 aromatic carbocycles. The molecule has 0 bridgehead atoms. The molecule has 0 aromatic heterocycles. The molecular formula is C14H32GeN3Zr. The summed E-state index contributed by atoms with van der Waals surface area (Å²) in [6.07, 6.45) is 8.14. The zero-order valence-electron chi connectivity index (χ0n) is 14.3. The summed E-state index contributed by atoms with van der Waals surface area (Å²) in [4.78, 5) is 0. The molecule has 0 N–H and O–H groups in total. The third-order valence-corrected chi connectivity index (χ3v) is 83.3.